The summed E-state index contributed by atoms with van der Waals surface area (Å²) in [7, 11) is 1.48. The lowest BCUT2D eigenvalue weighted by molar-refractivity contribution is -0.385. The Bertz CT molecular complexity index is 454. The summed E-state index contributed by atoms with van der Waals surface area (Å²) in [6.45, 7) is 0.402. The summed E-state index contributed by atoms with van der Waals surface area (Å²) < 4.78 is 10.5. The fourth-order valence-electron chi connectivity index (χ4n) is 1.38. The number of ether oxygens (including phenoxy) is 2. The molecular formula is C12H14N2O4. The lowest BCUT2D eigenvalue weighted by Crippen LogP contribution is -2.00. The minimum absolute atomic E-state index is 0.0391. The molecule has 0 saturated carbocycles. The molecule has 1 rings (SSSR count). The number of nitro benzene ring substituents is 1. The van der Waals surface area contributed by atoms with Crippen LogP contribution in [-0.2, 0) is 0 Å². The van der Waals surface area contributed by atoms with E-state index in [4.69, 9.17) is 14.7 Å². The number of unbranched alkanes of at least 4 members (excludes halogenated alkanes) is 2. The Morgan fingerprint density at radius 3 is 2.78 bits per heavy atom. The van der Waals surface area contributed by atoms with Crippen LogP contribution < -0.4 is 9.47 Å². The van der Waals surface area contributed by atoms with Gasteiger partial charge in [0.25, 0.3) is 5.69 Å². The molecule has 0 amide bonds. The molecule has 0 unspecified atom stereocenters. The topological polar surface area (TPSA) is 85.4 Å². The molecule has 0 saturated heterocycles. The van der Waals surface area contributed by atoms with Crippen LogP contribution in [0.4, 0.5) is 5.69 Å². The van der Waals surface area contributed by atoms with E-state index in [1.54, 1.807) is 0 Å². The summed E-state index contributed by atoms with van der Waals surface area (Å²) >= 11 is 0. The first-order valence-electron chi connectivity index (χ1n) is 5.51. The van der Waals surface area contributed by atoms with Crippen molar-refractivity contribution in [3.05, 3.63) is 28.3 Å². The standard InChI is InChI=1S/C12H14N2O4/c1-17-11-6-5-10(14(15)16)9-12(11)18-8-4-2-3-7-13/h5-6,9H,2-4,8H2,1H3. The van der Waals surface area contributed by atoms with E-state index < -0.39 is 4.92 Å². The first-order chi connectivity index (χ1) is 8.69. The first-order valence-corrected chi connectivity index (χ1v) is 5.51. The van der Waals surface area contributed by atoms with Gasteiger partial charge in [0.05, 0.1) is 30.8 Å². The highest BCUT2D eigenvalue weighted by molar-refractivity contribution is 5.48. The second-order valence-electron chi connectivity index (χ2n) is 3.56. The van der Waals surface area contributed by atoms with E-state index in [0.717, 1.165) is 12.8 Å². The number of rotatable bonds is 7. The summed E-state index contributed by atoms with van der Waals surface area (Å²) in [5, 5.41) is 19.0. The lowest BCUT2D eigenvalue weighted by Gasteiger charge is -2.09. The van der Waals surface area contributed by atoms with Crippen molar-refractivity contribution in [2.45, 2.75) is 19.3 Å². The Morgan fingerprint density at radius 2 is 2.17 bits per heavy atom. The summed E-state index contributed by atoms with van der Waals surface area (Å²) in [5.41, 5.74) is -0.0391. The molecule has 6 nitrogen and oxygen atoms in total. The van der Waals surface area contributed by atoms with E-state index in [1.807, 2.05) is 6.07 Å². The largest absolute Gasteiger partial charge is 0.493 e. The van der Waals surface area contributed by atoms with Gasteiger partial charge < -0.3 is 9.47 Å². The van der Waals surface area contributed by atoms with Gasteiger partial charge in [-0.05, 0) is 18.9 Å². The molecule has 0 N–H and O–H groups in total. The quantitative estimate of drug-likeness (QED) is 0.422. The molecule has 0 spiro atoms. The number of hydrogen-bond donors (Lipinski definition) is 0. The second-order valence-corrected chi connectivity index (χ2v) is 3.56. The van der Waals surface area contributed by atoms with Crippen LogP contribution in [0.2, 0.25) is 0 Å². The molecule has 0 fully saturated rings. The van der Waals surface area contributed by atoms with E-state index in [-0.39, 0.29) is 5.69 Å². The smallest absolute Gasteiger partial charge is 0.273 e. The van der Waals surface area contributed by atoms with Crippen molar-refractivity contribution in [2.75, 3.05) is 13.7 Å². The van der Waals surface area contributed by atoms with E-state index in [1.165, 1.54) is 25.3 Å². The number of nitro groups is 1. The number of nitrogens with zero attached hydrogens (tertiary/aromatic N) is 2. The zero-order valence-corrected chi connectivity index (χ0v) is 10.1. The van der Waals surface area contributed by atoms with E-state index in [0.29, 0.717) is 24.5 Å². The molecule has 18 heavy (non-hydrogen) atoms. The zero-order chi connectivity index (χ0) is 13.4. The molecule has 6 heteroatoms. The number of benzene rings is 1. The third-order valence-electron chi connectivity index (χ3n) is 2.30. The zero-order valence-electron chi connectivity index (χ0n) is 10.1. The fourth-order valence-corrected chi connectivity index (χ4v) is 1.38. The van der Waals surface area contributed by atoms with Gasteiger partial charge >= 0.3 is 0 Å². The van der Waals surface area contributed by atoms with Crippen LogP contribution in [-0.4, -0.2) is 18.6 Å². The first kappa shape index (κ1) is 13.8. The average Bonchev–Trinajstić information content (AvgIpc) is 2.38. The Morgan fingerprint density at radius 1 is 1.39 bits per heavy atom. The normalized spacial score (nSPS) is 9.56. The summed E-state index contributed by atoms with van der Waals surface area (Å²) in [6.07, 6.45) is 1.95. The average molecular weight is 250 g/mol. The number of methoxy groups -OCH3 is 1. The van der Waals surface area contributed by atoms with Crippen LogP contribution in [0.3, 0.4) is 0 Å². The van der Waals surface area contributed by atoms with Crippen LogP contribution in [0.25, 0.3) is 0 Å². The molecule has 0 aliphatic rings. The monoisotopic (exact) mass is 250 g/mol. The van der Waals surface area contributed by atoms with Crippen molar-refractivity contribution in [1.29, 1.82) is 5.26 Å². The molecule has 0 radical (unpaired) electrons. The number of hydrogen-bond acceptors (Lipinski definition) is 5. The molecule has 0 heterocycles. The lowest BCUT2D eigenvalue weighted by atomic mass is 10.2. The van der Waals surface area contributed by atoms with Crippen LogP contribution in [0.1, 0.15) is 19.3 Å². The maximum Gasteiger partial charge on any atom is 0.273 e. The van der Waals surface area contributed by atoms with Crippen LogP contribution >= 0.6 is 0 Å². The van der Waals surface area contributed by atoms with E-state index in [2.05, 4.69) is 0 Å². The van der Waals surface area contributed by atoms with Crippen molar-refractivity contribution in [3.8, 4) is 17.6 Å². The number of non-ortho nitro benzene ring substituents is 1. The minimum atomic E-state index is -0.484. The fraction of sp³-hybridized carbons (Fsp3) is 0.417. The Hall–Kier alpha value is -2.29. The molecule has 0 aromatic heterocycles. The Labute approximate surface area is 105 Å². The summed E-state index contributed by atoms with van der Waals surface area (Å²) in [4.78, 5) is 10.2. The van der Waals surface area contributed by atoms with Gasteiger partial charge in [-0.3, -0.25) is 10.1 Å². The van der Waals surface area contributed by atoms with Crippen molar-refractivity contribution in [3.63, 3.8) is 0 Å². The van der Waals surface area contributed by atoms with E-state index >= 15 is 0 Å². The van der Waals surface area contributed by atoms with Crippen LogP contribution in [0.5, 0.6) is 11.5 Å². The molecule has 0 bridgehead atoms. The van der Waals surface area contributed by atoms with Gasteiger partial charge in [0.15, 0.2) is 11.5 Å². The van der Waals surface area contributed by atoms with Gasteiger partial charge in [0, 0.05) is 12.5 Å². The van der Waals surface area contributed by atoms with Gasteiger partial charge in [-0.1, -0.05) is 0 Å². The van der Waals surface area contributed by atoms with E-state index in [9.17, 15) is 10.1 Å². The van der Waals surface area contributed by atoms with Crippen molar-refractivity contribution < 1.29 is 14.4 Å². The number of nitriles is 1. The molecule has 0 atom stereocenters. The molecule has 96 valence electrons. The van der Waals surface area contributed by atoms with Crippen LogP contribution in [0, 0.1) is 21.4 Å². The molecular weight excluding hydrogens is 236 g/mol. The maximum absolute atomic E-state index is 10.6. The predicted molar refractivity (Wildman–Crippen MR) is 64.6 cm³/mol. The Kier molecular flexibility index (Phi) is 5.45. The van der Waals surface area contributed by atoms with Crippen molar-refractivity contribution in [1.82, 2.24) is 0 Å². The van der Waals surface area contributed by atoms with Crippen molar-refractivity contribution >= 4 is 5.69 Å². The van der Waals surface area contributed by atoms with Gasteiger partial charge in [0.2, 0.25) is 0 Å². The maximum atomic E-state index is 10.6. The van der Waals surface area contributed by atoms with Gasteiger partial charge in [0.1, 0.15) is 0 Å². The highest BCUT2D eigenvalue weighted by Gasteiger charge is 2.12. The summed E-state index contributed by atoms with van der Waals surface area (Å²) in [5.74, 6) is 0.810. The van der Waals surface area contributed by atoms with Gasteiger partial charge in [-0.15, -0.1) is 0 Å². The van der Waals surface area contributed by atoms with Crippen LogP contribution in [0.15, 0.2) is 18.2 Å². The minimum Gasteiger partial charge on any atom is -0.493 e. The van der Waals surface area contributed by atoms with Gasteiger partial charge in [-0.25, -0.2) is 0 Å². The molecule has 0 aliphatic carbocycles. The molecule has 1 aromatic carbocycles. The van der Waals surface area contributed by atoms with Crippen molar-refractivity contribution in [2.24, 2.45) is 0 Å². The highest BCUT2D eigenvalue weighted by atomic mass is 16.6. The predicted octanol–water partition coefficient (Wildman–Crippen LogP) is 2.68. The highest BCUT2D eigenvalue weighted by Crippen LogP contribution is 2.31. The third kappa shape index (κ3) is 3.94. The molecule has 0 aliphatic heterocycles. The molecule has 1 aromatic rings. The van der Waals surface area contributed by atoms with Gasteiger partial charge in [-0.2, -0.15) is 5.26 Å². The third-order valence-corrected chi connectivity index (χ3v) is 2.30. The Balaban J connectivity index is 2.64. The SMILES string of the molecule is COc1ccc([N+](=O)[O-])cc1OCCCCC#N. The summed E-state index contributed by atoms with van der Waals surface area (Å²) in [6, 6.07) is 6.25. The second kappa shape index (κ2) is 7.12.